The lowest BCUT2D eigenvalue weighted by Gasteiger charge is -2.26. The molecule has 0 bridgehead atoms. The lowest BCUT2D eigenvalue weighted by molar-refractivity contribution is -0.116. The van der Waals surface area contributed by atoms with Crippen LogP contribution in [-0.2, 0) is 19.6 Å². The van der Waals surface area contributed by atoms with Crippen molar-refractivity contribution in [2.75, 3.05) is 38.7 Å². The van der Waals surface area contributed by atoms with Crippen LogP contribution in [0.25, 0.3) is 0 Å². The van der Waals surface area contributed by atoms with Crippen LogP contribution in [0.3, 0.4) is 0 Å². The van der Waals surface area contributed by atoms with Crippen LogP contribution in [0.15, 0.2) is 35.2 Å². The van der Waals surface area contributed by atoms with Gasteiger partial charge in [-0.25, -0.2) is 8.42 Å². The van der Waals surface area contributed by atoms with Crippen molar-refractivity contribution in [2.45, 2.75) is 24.2 Å². The lowest BCUT2D eigenvalue weighted by Crippen LogP contribution is -2.40. The molecule has 7 nitrogen and oxygen atoms in total. The number of benzene rings is 1. The first-order valence-corrected chi connectivity index (χ1v) is 10.2. The number of nitrogens with one attached hydrogen (secondary N) is 1. The van der Waals surface area contributed by atoms with Crippen LogP contribution in [0.2, 0.25) is 0 Å². The van der Waals surface area contributed by atoms with Crippen LogP contribution in [0.4, 0.5) is 5.69 Å². The molecule has 1 heterocycles. The number of rotatable bonds is 6. The molecule has 0 saturated carbocycles. The summed E-state index contributed by atoms with van der Waals surface area (Å²) in [5, 5.41) is 2.80. The molecule has 1 atom stereocenters. The van der Waals surface area contributed by atoms with Gasteiger partial charge in [-0.2, -0.15) is 4.31 Å². The third kappa shape index (κ3) is 4.25. The van der Waals surface area contributed by atoms with Gasteiger partial charge in [-0.05, 0) is 37.0 Å². The van der Waals surface area contributed by atoms with E-state index in [1.807, 2.05) is 0 Å². The average molecular weight is 380 g/mol. The molecule has 1 aromatic rings. The first kappa shape index (κ1) is 18.9. The minimum absolute atomic E-state index is 0.0560. The number of carbonyl (C=O) groups is 1. The fourth-order valence-electron chi connectivity index (χ4n) is 3.20. The molecule has 0 unspecified atom stereocenters. The Morgan fingerprint density at radius 2 is 2.12 bits per heavy atom. The minimum Gasteiger partial charge on any atom is -0.495 e. The number of hydrogen-bond acceptors (Lipinski definition) is 5. The van der Waals surface area contributed by atoms with E-state index in [1.54, 1.807) is 12.1 Å². The quantitative estimate of drug-likeness (QED) is 0.763. The third-order valence-electron chi connectivity index (χ3n) is 4.60. The molecule has 1 saturated heterocycles. The zero-order chi connectivity index (χ0) is 18.6. The molecule has 26 heavy (non-hydrogen) atoms. The highest BCUT2D eigenvalue weighted by atomic mass is 32.2. The molecular weight excluding hydrogens is 356 g/mol. The zero-order valence-corrected chi connectivity index (χ0v) is 15.6. The summed E-state index contributed by atoms with van der Waals surface area (Å²) in [5.74, 6) is 0.388. The van der Waals surface area contributed by atoms with E-state index in [4.69, 9.17) is 9.47 Å². The number of morpholine rings is 1. The predicted octanol–water partition coefficient (Wildman–Crippen LogP) is 2.01. The van der Waals surface area contributed by atoms with E-state index in [0.29, 0.717) is 38.4 Å². The van der Waals surface area contributed by atoms with Crippen LogP contribution >= 0.6 is 0 Å². The molecule has 1 aliphatic heterocycles. The molecule has 1 amide bonds. The number of carbonyl (C=O) groups excluding carboxylic acids is 1. The summed E-state index contributed by atoms with van der Waals surface area (Å²) in [6.45, 7) is 1.34. The van der Waals surface area contributed by atoms with Gasteiger partial charge in [-0.15, -0.1) is 0 Å². The van der Waals surface area contributed by atoms with Gasteiger partial charge < -0.3 is 14.8 Å². The first-order chi connectivity index (χ1) is 12.5. The molecule has 2 aliphatic rings. The second-order valence-electron chi connectivity index (χ2n) is 6.40. The van der Waals surface area contributed by atoms with E-state index >= 15 is 0 Å². The van der Waals surface area contributed by atoms with Gasteiger partial charge in [0.05, 0.1) is 20.3 Å². The molecule has 1 aliphatic carbocycles. The van der Waals surface area contributed by atoms with Crippen molar-refractivity contribution in [3.05, 3.63) is 30.4 Å². The van der Waals surface area contributed by atoms with Crippen molar-refractivity contribution < 1.29 is 22.7 Å². The second kappa shape index (κ2) is 8.20. The van der Waals surface area contributed by atoms with E-state index in [2.05, 4.69) is 17.5 Å². The Labute approximate surface area is 154 Å². The highest BCUT2D eigenvalue weighted by molar-refractivity contribution is 7.89. The van der Waals surface area contributed by atoms with E-state index in [-0.39, 0.29) is 22.5 Å². The zero-order valence-electron chi connectivity index (χ0n) is 14.8. The normalized spacial score (nSPS) is 20.9. The van der Waals surface area contributed by atoms with Gasteiger partial charge in [0.1, 0.15) is 10.6 Å². The van der Waals surface area contributed by atoms with Crippen molar-refractivity contribution in [1.82, 2.24) is 4.31 Å². The standard InChI is InChI=1S/C18H24N2O5S/c1-24-16-7-6-15(19-18(21)12-14-4-2-3-5-14)13-17(16)26(22,23)20-8-10-25-11-9-20/h2,4,6-7,13-14H,3,5,8-12H2,1H3,(H,19,21)/t14-/m0/s1. The Morgan fingerprint density at radius 1 is 1.35 bits per heavy atom. The molecule has 8 heteroatoms. The Kier molecular flexibility index (Phi) is 5.95. The number of methoxy groups -OCH3 is 1. The Bertz CT molecular complexity index is 785. The molecule has 0 spiro atoms. The van der Waals surface area contributed by atoms with Gasteiger partial charge in [0, 0.05) is 25.2 Å². The van der Waals surface area contributed by atoms with Crippen LogP contribution in [0.5, 0.6) is 5.75 Å². The summed E-state index contributed by atoms with van der Waals surface area (Å²) in [6.07, 6.45) is 6.52. The number of sulfonamides is 1. The maximum Gasteiger partial charge on any atom is 0.246 e. The molecule has 0 radical (unpaired) electrons. The van der Waals surface area contributed by atoms with E-state index in [0.717, 1.165) is 12.8 Å². The smallest absolute Gasteiger partial charge is 0.246 e. The van der Waals surface area contributed by atoms with E-state index < -0.39 is 10.0 Å². The Morgan fingerprint density at radius 3 is 2.77 bits per heavy atom. The van der Waals surface area contributed by atoms with Crippen LogP contribution in [0, 0.1) is 5.92 Å². The predicted molar refractivity (Wildman–Crippen MR) is 97.7 cm³/mol. The van der Waals surface area contributed by atoms with Gasteiger partial charge in [-0.3, -0.25) is 4.79 Å². The van der Waals surface area contributed by atoms with Crippen LogP contribution < -0.4 is 10.1 Å². The SMILES string of the molecule is COc1ccc(NC(=O)C[C@H]2C=CCC2)cc1S(=O)(=O)N1CCOCC1. The van der Waals surface area contributed by atoms with Gasteiger partial charge in [0.2, 0.25) is 15.9 Å². The largest absolute Gasteiger partial charge is 0.495 e. The first-order valence-electron chi connectivity index (χ1n) is 8.73. The average Bonchev–Trinajstić information content (AvgIpc) is 3.15. The molecule has 3 rings (SSSR count). The monoisotopic (exact) mass is 380 g/mol. The van der Waals surface area contributed by atoms with Crippen LogP contribution in [0.1, 0.15) is 19.3 Å². The minimum atomic E-state index is -3.72. The summed E-state index contributed by atoms with van der Waals surface area (Å²) in [7, 11) is -2.29. The molecule has 1 fully saturated rings. The van der Waals surface area contributed by atoms with Crippen molar-refractivity contribution in [3.63, 3.8) is 0 Å². The lowest BCUT2D eigenvalue weighted by atomic mass is 10.1. The van der Waals surface area contributed by atoms with E-state index in [1.165, 1.54) is 17.5 Å². The molecular formula is C18H24N2O5S. The number of amides is 1. The van der Waals surface area contributed by atoms with Crippen molar-refractivity contribution in [1.29, 1.82) is 0 Å². The molecule has 142 valence electrons. The van der Waals surface area contributed by atoms with Gasteiger partial charge in [0.25, 0.3) is 0 Å². The topological polar surface area (TPSA) is 84.9 Å². The summed E-state index contributed by atoms with van der Waals surface area (Å²) in [5.41, 5.74) is 0.449. The van der Waals surface area contributed by atoms with Crippen molar-refractivity contribution >= 4 is 21.6 Å². The maximum absolute atomic E-state index is 13.0. The Balaban J connectivity index is 1.79. The number of allylic oxidation sites excluding steroid dienone is 2. The second-order valence-corrected chi connectivity index (χ2v) is 8.31. The van der Waals surface area contributed by atoms with Gasteiger partial charge in [0.15, 0.2) is 0 Å². The number of nitrogens with zero attached hydrogens (tertiary/aromatic N) is 1. The highest BCUT2D eigenvalue weighted by Gasteiger charge is 2.29. The number of anilines is 1. The van der Waals surface area contributed by atoms with Crippen LogP contribution in [-0.4, -0.2) is 52.0 Å². The molecule has 1 aromatic carbocycles. The number of hydrogen-bond donors (Lipinski definition) is 1. The summed E-state index contributed by atoms with van der Waals surface area (Å²) < 4.78 is 37.7. The van der Waals surface area contributed by atoms with Gasteiger partial charge in [-0.1, -0.05) is 12.2 Å². The third-order valence-corrected chi connectivity index (χ3v) is 6.52. The molecule has 1 N–H and O–H groups in total. The fraction of sp³-hybridized carbons (Fsp3) is 0.500. The Hall–Kier alpha value is -1.90. The number of ether oxygens (including phenoxy) is 2. The fourth-order valence-corrected chi connectivity index (χ4v) is 4.79. The summed E-state index contributed by atoms with van der Waals surface area (Å²) in [4.78, 5) is 12.3. The van der Waals surface area contributed by atoms with Crippen molar-refractivity contribution in [2.24, 2.45) is 5.92 Å². The summed E-state index contributed by atoms with van der Waals surface area (Å²) >= 11 is 0. The van der Waals surface area contributed by atoms with E-state index in [9.17, 15) is 13.2 Å². The summed E-state index contributed by atoms with van der Waals surface area (Å²) in [6, 6.07) is 4.68. The van der Waals surface area contributed by atoms with Gasteiger partial charge >= 0.3 is 0 Å². The maximum atomic E-state index is 13.0. The molecule has 0 aromatic heterocycles. The highest BCUT2D eigenvalue weighted by Crippen LogP contribution is 2.30. The van der Waals surface area contributed by atoms with Crippen molar-refractivity contribution in [3.8, 4) is 5.75 Å².